The first-order chi connectivity index (χ1) is 31.7. The summed E-state index contributed by atoms with van der Waals surface area (Å²) in [6.07, 6.45) is 2.88. The highest BCUT2D eigenvalue weighted by Crippen LogP contribution is 2.44. The smallest absolute Gasteiger partial charge is 0.264 e. The Kier molecular flexibility index (Phi) is 12.9. The summed E-state index contributed by atoms with van der Waals surface area (Å²) in [4.78, 5) is 14.4. The van der Waals surface area contributed by atoms with Crippen LogP contribution in [-0.4, -0.2) is 69.6 Å². The van der Waals surface area contributed by atoms with Crippen LogP contribution in [-0.2, 0) is 34.9 Å². The van der Waals surface area contributed by atoms with Crippen LogP contribution in [0.1, 0.15) is 39.6 Å². The van der Waals surface area contributed by atoms with Gasteiger partial charge in [-0.05, 0) is 39.6 Å². The summed E-state index contributed by atoms with van der Waals surface area (Å²) in [7, 11) is -4.07. The van der Waals surface area contributed by atoms with Gasteiger partial charge < -0.3 is 20.1 Å². The average molecular weight is 919 g/mol. The van der Waals surface area contributed by atoms with Crippen LogP contribution >= 0.6 is 24.0 Å². The van der Waals surface area contributed by atoms with Gasteiger partial charge in [0.15, 0.2) is 23.2 Å². The van der Waals surface area contributed by atoms with Crippen LogP contribution in [0.25, 0.3) is 11.2 Å². The number of nitrogens with one attached hydrogen (secondary N) is 2. The maximum absolute atomic E-state index is 13.2. The first-order valence-electron chi connectivity index (χ1n) is 21.0. The van der Waals surface area contributed by atoms with Crippen molar-refractivity contribution in [3.63, 3.8) is 0 Å². The topological polar surface area (TPSA) is 129 Å². The van der Waals surface area contributed by atoms with Gasteiger partial charge >= 0.3 is 0 Å². The van der Waals surface area contributed by atoms with Crippen molar-refractivity contribution in [1.29, 1.82) is 0 Å². The number of imidazole rings is 1. The molecule has 9 rings (SSSR count). The molecule has 0 spiro atoms. The molecular weight excluding hydrogens is 873 g/mol. The minimum Gasteiger partial charge on any atom is -0.363 e. The second-order valence-electron chi connectivity index (χ2n) is 15.6. The van der Waals surface area contributed by atoms with E-state index < -0.39 is 45.7 Å². The zero-order chi connectivity index (χ0) is 44.9. The van der Waals surface area contributed by atoms with Crippen LogP contribution < -0.4 is 10.6 Å². The van der Waals surface area contributed by atoms with Gasteiger partial charge in [0.25, 0.3) is 10.1 Å². The third kappa shape index (κ3) is 8.80. The largest absolute Gasteiger partial charge is 0.363 e. The molecule has 0 saturated carbocycles. The van der Waals surface area contributed by atoms with E-state index in [2.05, 4.69) is 47.0 Å². The Balaban J connectivity index is 1.15. The highest BCUT2D eigenvalue weighted by molar-refractivity contribution is 8.22. The van der Waals surface area contributed by atoms with Gasteiger partial charge in [0.05, 0.1) is 25.2 Å². The number of aromatic nitrogens is 4. The van der Waals surface area contributed by atoms with E-state index >= 15 is 0 Å². The Morgan fingerprint density at radius 1 is 0.692 bits per heavy atom. The minimum atomic E-state index is -4.07. The van der Waals surface area contributed by atoms with E-state index in [0.29, 0.717) is 21.3 Å². The van der Waals surface area contributed by atoms with Crippen molar-refractivity contribution in [3.05, 3.63) is 228 Å². The lowest BCUT2D eigenvalue weighted by Gasteiger charge is -2.37. The van der Waals surface area contributed by atoms with E-state index in [4.69, 9.17) is 40.8 Å². The number of anilines is 1. The van der Waals surface area contributed by atoms with Crippen LogP contribution in [0.4, 0.5) is 5.82 Å². The fourth-order valence-corrected chi connectivity index (χ4v) is 9.85. The summed E-state index contributed by atoms with van der Waals surface area (Å²) in [5, 5.41) is 7.19. The molecule has 2 aromatic heterocycles. The molecule has 11 nitrogen and oxygen atoms in total. The molecule has 14 heteroatoms. The monoisotopic (exact) mass is 918 g/mol. The minimum absolute atomic E-state index is 0.0182. The van der Waals surface area contributed by atoms with E-state index in [0.717, 1.165) is 39.6 Å². The fourth-order valence-electron chi connectivity index (χ4n) is 8.84. The van der Waals surface area contributed by atoms with Crippen molar-refractivity contribution in [1.82, 2.24) is 24.8 Å². The van der Waals surface area contributed by atoms with Gasteiger partial charge in [-0.25, -0.2) is 15.0 Å². The molecule has 0 amide bonds. The molecule has 6 aromatic carbocycles. The molecule has 3 heterocycles. The zero-order valence-corrected chi connectivity index (χ0v) is 38.0. The summed E-state index contributed by atoms with van der Waals surface area (Å²) >= 11 is 7.05. The molecule has 1 fully saturated rings. The van der Waals surface area contributed by atoms with E-state index in [-0.39, 0.29) is 6.61 Å². The van der Waals surface area contributed by atoms with Crippen molar-refractivity contribution >= 4 is 55.4 Å². The molecule has 2 N–H and O–H groups in total. The van der Waals surface area contributed by atoms with Crippen LogP contribution in [0.15, 0.2) is 195 Å². The molecule has 1 aliphatic rings. The number of benzene rings is 6. The maximum Gasteiger partial charge on any atom is 0.264 e. The molecule has 1 aliphatic heterocycles. The molecule has 8 aromatic rings. The predicted molar refractivity (Wildman–Crippen MR) is 260 cm³/mol. The molecule has 0 aliphatic carbocycles. The third-order valence-corrected chi connectivity index (χ3v) is 13.3. The molecule has 0 radical (unpaired) electrons. The van der Waals surface area contributed by atoms with E-state index in [1.807, 2.05) is 152 Å². The van der Waals surface area contributed by atoms with Crippen LogP contribution in [0.5, 0.6) is 0 Å². The summed E-state index contributed by atoms with van der Waals surface area (Å²) in [5.74, 6) is 0.445. The van der Waals surface area contributed by atoms with E-state index in [1.54, 1.807) is 10.9 Å². The molecular formula is C51H46N6O5S3. The lowest BCUT2D eigenvalue weighted by atomic mass is 9.77. The lowest BCUT2D eigenvalue weighted by Crippen LogP contribution is -2.49. The summed E-state index contributed by atoms with van der Waals surface area (Å²) in [6, 6.07) is 59.8. The summed E-state index contributed by atoms with van der Waals surface area (Å²) in [6.45, 7) is -0.0182. The molecule has 65 heavy (non-hydrogen) atoms. The number of nitrogens with zero attached hydrogens (tertiary/aromatic N) is 4. The molecule has 1 saturated heterocycles. The molecule has 0 bridgehead atoms. The Hall–Kier alpha value is -6.26. The Bertz CT molecular complexity index is 2760. The number of ether oxygens (including phenoxy) is 2. The first kappa shape index (κ1) is 44.0. The van der Waals surface area contributed by atoms with E-state index in [9.17, 15) is 8.42 Å². The number of thioether (sulfide) groups is 1. The SMILES string of the molecule is CSC(=S)NC1C(COC(c2ccccc2)(c2ccccc2)c2ccccc2)OC(n2cnc3c(NC(c4ccccc4)(c4ccccc4)c4ccccc4)ncnc32)C1OS(C)(=O)=O. The number of thiocarbonyl (C=S) groups is 1. The fraction of sp³-hybridized carbons (Fsp3) is 0.176. The normalized spacial score (nSPS) is 17.8. The van der Waals surface area contributed by atoms with Crippen molar-refractivity contribution in [2.75, 3.05) is 24.4 Å². The van der Waals surface area contributed by atoms with Crippen LogP contribution in [0.3, 0.4) is 0 Å². The first-order valence-corrected chi connectivity index (χ1v) is 24.5. The standard InChI is InChI=1S/C51H46N6O5S3/c1-64-49(63)55-43-42(33-60-51(39-27-15-6-16-28-39,40-29-17-7-18-30-40)41-31-19-8-20-32-41)61-48(45(43)62-65(2,58)59)57-35-54-44-46(52-34-53-47(44)57)56-50(36-21-9-3-10-22-36,37-23-11-4-12-24-37)38-25-13-5-14-26-38/h3-32,34-35,42-43,45,48H,33H2,1-2H3,(H,55,63)(H,52,53,56). The average Bonchev–Trinajstić information content (AvgIpc) is 3.93. The van der Waals surface area contributed by atoms with E-state index in [1.165, 1.54) is 18.1 Å². The predicted octanol–water partition coefficient (Wildman–Crippen LogP) is 9.09. The number of fused-ring (bicyclic) bond motifs is 1. The van der Waals surface area contributed by atoms with Gasteiger partial charge in [0, 0.05) is 0 Å². The van der Waals surface area contributed by atoms with Gasteiger partial charge in [0.1, 0.15) is 34.0 Å². The van der Waals surface area contributed by atoms with Gasteiger partial charge in [-0.2, -0.15) is 8.42 Å². The van der Waals surface area contributed by atoms with Gasteiger partial charge in [-0.1, -0.05) is 194 Å². The molecule has 4 atom stereocenters. The quantitative estimate of drug-likeness (QED) is 0.0578. The van der Waals surface area contributed by atoms with Crippen molar-refractivity contribution < 1.29 is 22.1 Å². The molecule has 4 unspecified atom stereocenters. The van der Waals surface area contributed by atoms with Crippen molar-refractivity contribution in [2.45, 2.75) is 35.6 Å². The highest BCUT2D eigenvalue weighted by Gasteiger charge is 2.51. The van der Waals surface area contributed by atoms with Crippen molar-refractivity contribution in [3.8, 4) is 0 Å². The number of hydrogen-bond acceptors (Lipinski definition) is 11. The lowest BCUT2D eigenvalue weighted by molar-refractivity contribution is -0.0845. The number of rotatable bonds is 15. The third-order valence-electron chi connectivity index (χ3n) is 11.7. The second-order valence-corrected chi connectivity index (χ2v) is 18.7. The highest BCUT2D eigenvalue weighted by atomic mass is 32.2. The Morgan fingerprint density at radius 3 is 1.57 bits per heavy atom. The van der Waals surface area contributed by atoms with Gasteiger partial charge in [0.2, 0.25) is 0 Å². The zero-order valence-electron chi connectivity index (χ0n) is 35.5. The second kappa shape index (κ2) is 19.1. The number of hydrogen-bond donors (Lipinski definition) is 2. The summed E-state index contributed by atoms with van der Waals surface area (Å²) < 4.78 is 48.8. The maximum atomic E-state index is 13.2. The molecule has 328 valence electrons. The Morgan fingerprint density at radius 2 is 1.14 bits per heavy atom. The Labute approximate surface area is 388 Å². The van der Waals surface area contributed by atoms with Crippen molar-refractivity contribution in [2.24, 2.45) is 0 Å². The van der Waals surface area contributed by atoms with Crippen LogP contribution in [0.2, 0.25) is 0 Å². The summed E-state index contributed by atoms with van der Waals surface area (Å²) in [5.41, 5.74) is 4.42. The van der Waals surface area contributed by atoms with Crippen LogP contribution in [0, 0.1) is 0 Å². The van der Waals surface area contributed by atoms with Gasteiger partial charge in [-0.15, -0.1) is 11.8 Å². The van der Waals surface area contributed by atoms with Gasteiger partial charge in [-0.3, -0.25) is 8.75 Å².